The molecule has 4 fully saturated rings. The van der Waals surface area contributed by atoms with Crippen molar-refractivity contribution in [2.24, 2.45) is 58.2 Å². The van der Waals surface area contributed by atoms with Crippen molar-refractivity contribution in [1.29, 1.82) is 0 Å². The third-order valence-corrected chi connectivity index (χ3v) is 12.0. The molecule has 306 valence electrons. The maximum atomic E-state index is 14.5. The normalized spacial score (nSPS) is 30.8. The van der Waals surface area contributed by atoms with Gasteiger partial charge in [0.15, 0.2) is 0 Å². The van der Waals surface area contributed by atoms with Crippen LogP contribution in [0.1, 0.15) is 67.7 Å². The molecule has 13 nitrogen and oxygen atoms in total. The molecule has 2 amide bonds. The minimum atomic E-state index is -7.74. The minimum Gasteiger partial charge on any atom is -0.481 e. The van der Waals surface area contributed by atoms with Gasteiger partial charge in [-0.3, -0.25) is 28.8 Å². The molecule has 1 N–H and O–H groups in total. The van der Waals surface area contributed by atoms with E-state index in [0.717, 1.165) is 0 Å². The van der Waals surface area contributed by atoms with Crippen molar-refractivity contribution < 1.29 is 95.6 Å². The van der Waals surface area contributed by atoms with E-state index < -0.39 is 151 Å². The van der Waals surface area contributed by atoms with Crippen LogP contribution in [0.3, 0.4) is 0 Å². The number of cyclic esters (lactones) is 2. The number of imide groups is 1. The van der Waals surface area contributed by atoms with Gasteiger partial charge >= 0.3 is 57.3 Å². The molecule has 2 saturated heterocycles. The van der Waals surface area contributed by atoms with Crippen LogP contribution in [0.25, 0.3) is 0 Å². The molecule has 2 aliphatic heterocycles. The van der Waals surface area contributed by atoms with Crippen LogP contribution in [0.2, 0.25) is 0 Å². The number of carboxylic acids is 1. The van der Waals surface area contributed by atoms with Crippen molar-refractivity contribution in [2.45, 2.75) is 96.6 Å². The molecule has 0 radical (unpaired) electrons. The number of ether oxygens (including phenoxy) is 2. The first-order valence-corrected chi connectivity index (χ1v) is 17.6. The zero-order valence-corrected chi connectivity index (χ0v) is 30.3. The number of rotatable bonds is 12. The molecule has 9 unspecified atom stereocenters. The summed E-state index contributed by atoms with van der Waals surface area (Å²) in [6.07, 6.45) is -8.50. The van der Waals surface area contributed by atoms with Crippen LogP contribution in [0.15, 0.2) is 0 Å². The standard InChI is InChI=1S/C31H36F9NO12S/c1-11-15(22(45)51-21(11)44)16-13-8-12(14(16)9-27(7,10-26(5,6)23(46)47)24(48)52-25(2,3)4)17-18(13)20(43)41(19(17)42)53-54(49,50)31(39,40)29(34,35)28(32,33)30(36,37)38/h11-18H,8-10H2,1-7H3,(H,46,47). The number of hydrogen-bond donors (Lipinski definition) is 1. The fourth-order valence-corrected chi connectivity index (χ4v) is 9.37. The zero-order valence-electron chi connectivity index (χ0n) is 29.4. The number of carboxylic acid groups (broad SMARTS) is 1. The molecule has 0 aromatic rings. The highest BCUT2D eigenvalue weighted by atomic mass is 32.2. The first-order chi connectivity index (χ1) is 24.0. The lowest BCUT2D eigenvalue weighted by molar-refractivity contribution is -0.383. The number of nitrogens with zero attached hydrogens (tertiary/aromatic N) is 1. The van der Waals surface area contributed by atoms with E-state index in [2.05, 4.69) is 4.28 Å². The van der Waals surface area contributed by atoms with Crippen molar-refractivity contribution >= 4 is 45.8 Å². The highest BCUT2D eigenvalue weighted by Crippen LogP contribution is 2.67. The maximum absolute atomic E-state index is 14.5. The molecule has 2 aliphatic carbocycles. The summed E-state index contributed by atoms with van der Waals surface area (Å²) in [4.78, 5) is 78.7. The Morgan fingerprint density at radius 3 is 1.74 bits per heavy atom. The van der Waals surface area contributed by atoms with Crippen molar-refractivity contribution in [1.82, 2.24) is 5.06 Å². The summed E-state index contributed by atoms with van der Waals surface area (Å²) in [5.41, 5.74) is -4.59. The molecule has 0 spiro atoms. The summed E-state index contributed by atoms with van der Waals surface area (Å²) in [5.74, 6) is -34.6. The molecule has 0 aromatic carbocycles. The van der Waals surface area contributed by atoms with Gasteiger partial charge in [-0.25, -0.2) is 0 Å². The van der Waals surface area contributed by atoms with Crippen LogP contribution < -0.4 is 0 Å². The number of amides is 2. The monoisotopic (exact) mass is 817 g/mol. The molecule has 54 heavy (non-hydrogen) atoms. The lowest BCUT2D eigenvalue weighted by Gasteiger charge is -2.44. The molecule has 23 heteroatoms. The van der Waals surface area contributed by atoms with Crippen molar-refractivity contribution in [2.75, 3.05) is 0 Å². The van der Waals surface area contributed by atoms with E-state index in [9.17, 15) is 81.8 Å². The van der Waals surface area contributed by atoms with Gasteiger partial charge in [0.05, 0.1) is 34.5 Å². The van der Waals surface area contributed by atoms with Crippen molar-refractivity contribution in [3.05, 3.63) is 0 Å². The van der Waals surface area contributed by atoms with E-state index >= 15 is 0 Å². The number of alkyl halides is 9. The number of hydrogen-bond acceptors (Lipinski definition) is 11. The third-order valence-electron chi connectivity index (χ3n) is 10.8. The summed E-state index contributed by atoms with van der Waals surface area (Å²) in [7, 11) is -7.72. The Labute approximate surface area is 301 Å². The maximum Gasteiger partial charge on any atom is 0.460 e. The van der Waals surface area contributed by atoms with Crippen LogP contribution in [-0.2, 0) is 52.6 Å². The van der Waals surface area contributed by atoms with Gasteiger partial charge < -0.3 is 14.6 Å². The predicted molar refractivity (Wildman–Crippen MR) is 157 cm³/mol. The molecule has 9 atom stereocenters. The van der Waals surface area contributed by atoms with Gasteiger partial charge in [-0.05, 0) is 84.5 Å². The summed E-state index contributed by atoms with van der Waals surface area (Å²) < 4.78 is 161. The number of carbonyl (C=O) groups is 6. The molecular formula is C31H36F9NO12S. The Balaban J connectivity index is 1.80. The van der Waals surface area contributed by atoms with E-state index in [1.165, 1.54) is 48.5 Å². The Kier molecular flexibility index (Phi) is 10.2. The summed E-state index contributed by atoms with van der Waals surface area (Å²) in [6, 6.07) is 0. The van der Waals surface area contributed by atoms with Crippen molar-refractivity contribution in [3.63, 3.8) is 0 Å². The number of halogens is 9. The second-order valence-electron chi connectivity index (χ2n) is 16.2. The Bertz CT molecular complexity index is 1760. The number of hydroxylamine groups is 2. The molecule has 4 rings (SSSR count). The second-order valence-corrected chi connectivity index (χ2v) is 17.8. The van der Waals surface area contributed by atoms with E-state index in [1.54, 1.807) is 0 Å². The first kappa shape index (κ1) is 43.2. The zero-order chi connectivity index (χ0) is 41.9. The Hall–Kier alpha value is -3.50. The number of aliphatic carboxylic acids is 1. The van der Waals surface area contributed by atoms with Crippen LogP contribution in [-0.4, -0.2) is 83.2 Å². The van der Waals surface area contributed by atoms with Crippen LogP contribution in [0.5, 0.6) is 0 Å². The highest BCUT2D eigenvalue weighted by Gasteiger charge is 2.86. The van der Waals surface area contributed by atoms with Crippen LogP contribution in [0, 0.1) is 58.2 Å². The second kappa shape index (κ2) is 12.8. The molecule has 2 heterocycles. The van der Waals surface area contributed by atoms with Gasteiger partial charge in [0.25, 0.3) is 11.8 Å². The van der Waals surface area contributed by atoms with E-state index in [1.807, 2.05) is 0 Å². The lowest BCUT2D eigenvalue weighted by atomic mass is 9.58. The Morgan fingerprint density at radius 2 is 1.31 bits per heavy atom. The summed E-state index contributed by atoms with van der Waals surface area (Å²) >= 11 is 0. The topological polar surface area (TPSA) is 188 Å². The highest BCUT2D eigenvalue weighted by molar-refractivity contribution is 7.87. The van der Waals surface area contributed by atoms with Crippen LogP contribution in [0.4, 0.5) is 39.5 Å². The van der Waals surface area contributed by atoms with E-state index in [0.29, 0.717) is 0 Å². The van der Waals surface area contributed by atoms with E-state index in [4.69, 9.17) is 9.47 Å². The summed E-state index contributed by atoms with van der Waals surface area (Å²) in [5, 5.41) is 1.55. The molecule has 0 aromatic heterocycles. The lowest BCUT2D eigenvalue weighted by Crippen LogP contribution is -2.64. The average Bonchev–Trinajstić information content (AvgIpc) is 3.67. The largest absolute Gasteiger partial charge is 0.481 e. The number of fused-ring (bicyclic) bond motifs is 5. The minimum absolute atomic E-state index is 0.202. The quantitative estimate of drug-likeness (QED) is 0.124. The number of esters is 3. The molecule has 4 aliphatic rings. The third kappa shape index (κ3) is 6.53. The van der Waals surface area contributed by atoms with Gasteiger partial charge in [0, 0.05) is 0 Å². The molecular weight excluding hydrogens is 781 g/mol. The van der Waals surface area contributed by atoms with Crippen LogP contribution >= 0.6 is 0 Å². The molecule has 2 saturated carbocycles. The fourth-order valence-electron chi connectivity index (χ4n) is 8.49. The number of carbonyl (C=O) groups excluding carboxylic acids is 5. The Morgan fingerprint density at radius 1 is 0.815 bits per heavy atom. The average molecular weight is 818 g/mol. The van der Waals surface area contributed by atoms with E-state index in [-0.39, 0.29) is 6.42 Å². The predicted octanol–water partition coefficient (Wildman–Crippen LogP) is 4.73. The molecule has 2 bridgehead atoms. The SMILES string of the molecule is CC1C(=O)OC(=O)C1C1C(CC(C)(CC(C)(C)C(=O)O)C(=O)OC(C)(C)C)C2CC1C1C(=O)N(OS(=O)(=O)C(F)(F)C(F)(F)C(F)(F)C(F)(F)F)C(=O)C21. The fraction of sp³-hybridized carbons (Fsp3) is 0.806. The van der Waals surface area contributed by atoms with Gasteiger partial charge in [-0.1, -0.05) is 6.92 Å². The van der Waals surface area contributed by atoms with Gasteiger partial charge in [-0.2, -0.15) is 47.9 Å². The smallest absolute Gasteiger partial charge is 0.460 e. The van der Waals surface area contributed by atoms with Gasteiger partial charge in [0.2, 0.25) is 0 Å². The van der Waals surface area contributed by atoms with Gasteiger partial charge in [0.1, 0.15) is 5.60 Å². The first-order valence-electron chi connectivity index (χ1n) is 16.2. The summed E-state index contributed by atoms with van der Waals surface area (Å²) in [6.45, 7) is 9.62. The van der Waals surface area contributed by atoms with Gasteiger partial charge in [-0.15, -0.1) is 9.35 Å². The van der Waals surface area contributed by atoms with Crippen molar-refractivity contribution in [3.8, 4) is 0 Å².